The van der Waals surface area contributed by atoms with Crippen LogP contribution in [0, 0.1) is 0 Å². The number of thiophene rings is 1. The molecule has 8 aromatic rings. The van der Waals surface area contributed by atoms with E-state index in [1.165, 1.54) is 58.5 Å². The molecule has 0 saturated carbocycles. The van der Waals surface area contributed by atoms with Crippen molar-refractivity contribution in [2.45, 2.75) is 0 Å². The summed E-state index contributed by atoms with van der Waals surface area (Å²) in [6.45, 7) is 0. The number of rotatable bonds is 4. The maximum Gasteiger partial charge on any atom is 0.0540 e. The molecular formula is C38H25NS. The zero-order valence-electron chi connectivity index (χ0n) is 21.8. The van der Waals surface area contributed by atoms with E-state index < -0.39 is 0 Å². The lowest BCUT2D eigenvalue weighted by Crippen LogP contribution is -2.10. The fourth-order valence-electron chi connectivity index (χ4n) is 5.94. The molecule has 0 aliphatic carbocycles. The fourth-order valence-corrected chi connectivity index (χ4v) is 7.04. The van der Waals surface area contributed by atoms with Gasteiger partial charge in [-0.3, -0.25) is 0 Å². The summed E-state index contributed by atoms with van der Waals surface area (Å²) in [6.07, 6.45) is 0. The first kappa shape index (κ1) is 23.0. The van der Waals surface area contributed by atoms with Gasteiger partial charge in [0.05, 0.1) is 5.69 Å². The summed E-state index contributed by atoms with van der Waals surface area (Å²) in [7, 11) is 0. The molecular weight excluding hydrogens is 502 g/mol. The first-order chi connectivity index (χ1) is 19.8. The summed E-state index contributed by atoms with van der Waals surface area (Å²) >= 11 is 1.88. The third-order valence-electron chi connectivity index (χ3n) is 7.84. The molecule has 0 aliphatic heterocycles. The highest BCUT2D eigenvalue weighted by atomic mass is 32.1. The number of benzene rings is 7. The van der Waals surface area contributed by atoms with Crippen LogP contribution >= 0.6 is 11.3 Å². The highest BCUT2D eigenvalue weighted by Crippen LogP contribution is 2.42. The van der Waals surface area contributed by atoms with Crippen LogP contribution in [-0.4, -0.2) is 0 Å². The van der Waals surface area contributed by atoms with Gasteiger partial charge < -0.3 is 4.90 Å². The van der Waals surface area contributed by atoms with Crippen LogP contribution in [0.15, 0.2) is 152 Å². The van der Waals surface area contributed by atoms with Gasteiger partial charge in [-0.1, -0.05) is 103 Å². The van der Waals surface area contributed by atoms with Gasteiger partial charge in [-0.15, -0.1) is 11.3 Å². The number of fused-ring (bicyclic) bond motifs is 6. The lowest BCUT2D eigenvalue weighted by molar-refractivity contribution is 1.30. The van der Waals surface area contributed by atoms with E-state index in [2.05, 4.69) is 157 Å². The van der Waals surface area contributed by atoms with Crippen molar-refractivity contribution in [3.63, 3.8) is 0 Å². The summed E-state index contributed by atoms with van der Waals surface area (Å²) in [5.74, 6) is 0. The van der Waals surface area contributed by atoms with Crippen molar-refractivity contribution in [1.29, 1.82) is 0 Å². The monoisotopic (exact) mass is 527 g/mol. The van der Waals surface area contributed by atoms with Crippen LogP contribution < -0.4 is 4.90 Å². The van der Waals surface area contributed by atoms with E-state index in [1.54, 1.807) is 0 Å². The summed E-state index contributed by atoms with van der Waals surface area (Å²) in [6, 6.07) is 54.9. The molecule has 0 spiro atoms. The molecule has 0 radical (unpaired) electrons. The molecule has 7 aromatic carbocycles. The van der Waals surface area contributed by atoms with E-state index in [1.807, 2.05) is 11.3 Å². The molecule has 0 bridgehead atoms. The zero-order chi connectivity index (χ0) is 26.5. The van der Waals surface area contributed by atoms with E-state index in [-0.39, 0.29) is 0 Å². The lowest BCUT2D eigenvalue weighted by atomic mass is 9.99. The van der Waals surface area contributed by atoms with Gasteiger partial charge in [0.25, 0.3) is 0 Å². The first-order valence-corrected chi connectivity index (χ1v) is 14.4. The third-order valence-corrected chi connectivity index (χ3v) is 8.98. The Kier molecular flexibility index (Phi) is 5.39. The van der Waals surface area contributed by atoms with Gasteiger partial charge in [-0.2, -0.15) is 0 Å². The molecule has 8 rings (SSSR count). The molecule has 1 aromatic heterocycles. The first-order valence-electron chi connectivity index (χ1n) is 13.6. The lowest BCUT2D eigenvalue weighted by Gasteiger charge is -2.27. The average Bonchev–Trinajstić information content (AvgIpc) is 3.41. The molecule has 1 heterocycles. The van der Waals surface area contributed by atoms with Crippen molar-refractivity contribution in [2.75, 3.05) is 4.90 Å². The van der Waals surface area contributed by atoms with Crippen molar-refractivity contribution in [2.24, 2.45) is 0 Å². The van der Waals surface area contributed by atoms with Crippen molar-refractivity contribution >= 4 is 70.1 Å². The zero-order valence-corrected chi connectivity index (χ0v) is 22.6. The summed E-state index contributed by atoms with van der Waals surface area (Å²) < 4.78 is 2.67. The maximum absolute atomic E-state index is 2.37. The second-order valence-electron chi connectivity index (χ2n) is 10.2. The molecule has 0 aliphatic rings. The Hall–Kier alpha value is -4.92. The van der Waals surface area contributed by atoms with Gasteiger partial charge in [-0.25, -0.2) is 0 Å². The molecule has 0 fully saturated rings. The van der Waals surface area contributed by atoms with Gasteiger partial charge in [0.2, 0.25) is 0 Å². The normalized spacial score (nSPS) is 11.5. The van der Waals surface area contributed by atoms with E-state index in [0.717, 1.165) is 11.4 Å². The smallest absolute Gasteiger partial charge is 0.0540 e. The molecule has 0 amide bonds. The van der Waals surface area contributed by atoms with Crippen LogP contribution in [0.3, 0.4) is 0 Å². The minimum Gasteiger partial charge on any atom is -0.310 e. The van der Waals surface area contributed by atoms with Crippen LogP contribution in [0.5, 0.6) is 0 Å². The Morgan fingerprint density at radius 2 is 1.02 bits per heavy atom. The topological polar surface area (TPSA) is 3.24 Å². The minimum atomic E-state index is 1.14. The van der Waals surface area contributed by atoms with Crippen LogP contribution in [0.25, 0.3) is 52.8 Å². The Labute approximate surface area is 237 Å². The van der Waals surface area contributed by atoms with Crippen LogP contribution in [0.1, 0.15) is 0 Å². The van der Waals surface area contributed by atoms with E-state index in [9.17, 15) is 0 Å². The summed E-state index contributed by atoms with van der Waals surface area (Å²) in [4.78, 5) is 2.35. The number of para-hydroxylation sites is 1. The van der Waals surface area contributed by atoms with Gasteiger partial charge in [0.15, 0.2) is 0 Å². The third kappa shape index (κ3) is 3.77. The summed E-state index contributed by atoms with van der Waals surface area (Å²) in [5, 5.41) is 7.79. The van der Waals surface area contributed by atoms with E-state index in [4.69, 9.17) is 0 Å². The van der Waals surface area contributed by atoms with Crippen molar-refractivity contribution in [1.82, 2.24) is 0 Å². The Balaban J connectivity index is 1.25. The van der Waals surface area contributed by atoms with Crippen LogP contribution in [-0.2, 0) is 0 Å². The number of hydrogen-bond acceptors (Lipinski definition) is 2. The molecule has 188 valence electrons. The fraction of sp³-hybridized carbons (Fsp3) is 0. The molecule has 1 nitrogen and oxygen atoms in total. The largest absolute Gasteiger partial charge is 0.310 e. The minimum absolute atomic E-state index is 1.14. The number of anilines is 3. The number of nitrogens with zero attached hydrogens (tertiary/aromatic N) is 1. The maximum atomic E-state index is 2.37. The second kappa shape index (κ2) is 9.37. The Morgan fingerprint density at radius 1 is 0.400 bits per heavy atom. The van der Waals surface area contributed by atoms with Gasteiger partial charge >= 0.3 is 0 Å². The van der Waals surface area contributed by atoms with Crippen LogP contribution in [0.4, 0.5) is 17.1 Å². The van der Waals surface area contributed by atoms with Gasteiger partial charge in [-0.05, 0) is 75.8 Å². The van der Waals surface area contributed by atoms with E-state index in [0.29, 0.717) is 0 Å². The predicted molar refractivity (Wildman–Crippen MR) is 174 cm³/mol. The average molecular weight is 528 g/mol. The van der Waals surface area contributed by atoms with Gasteiger partial charge in [0.1, 0.15) is 0 Å². The molecule has 2 heteroatoms. The molecule has 40 heavy (non-hydrogen) atoms. The molecule has 0 unspecified atom stereocenters. The molecule has 0 N–H and O–H groups in total. The highest BCUT2D eigenvalue weighted by molar-refractivity contribution is 7.26. The predicted octanol–water partition coefficient (Wildman–Crippen LogP) is 11.5. The van der Waals surface area contributed by atoms with E-state index >= 15 is 0 Å². The van der Waals surface area contributed by atoms with Crippen molar-refractivity contribution < 1.29 is 0 Å². The Bertz CT molecular complexity index is 2150. The van der Waals surface area contributed by atoms with Crippen LogP contribution in [0.2, 0.25) is 0 Å². The number of hydrogen-bond donors (Lipinski definition) is 0. The molecule has 0 saturated heterocycles. The Morgan fingerprint density at radius 3 is 1.85 bits per heavy atom. The van der Waals surface area contributed by atoms with Crippen molar-refractivity contribution in [3.05, 3.63) is 152 Å². The molecule has 0 atom stereocenters. The second-order valence-corrected chi connectivity index (χ2v) is 11.3. The van der Waals surface area contributed by atoms with Crippen molar-refractivity contribution in [3.8, 4) is 11.1 Å². The summed E-state index contributed by atoms with van der Waals surface area (Å²) in [5.41, 5.74) is 5.92. The standard InChI is InChI=1S/C38H25NS/c1-2-12-30(13-3-1)39(35-16-8-11-27-9-4-6-14-32(27)35)31-21-17-26(18-22-31)29-20-23-36-34(25-29)38-33-15-7-5-10-28(33)19-24-37(38)40-36/h1-25H. The highest BCUT2D eigenvalue weighted by Gasteiger charge is 2.15. The quantitative estimate of drug-likeness (QED) is 0.220. The van der Waals surface area contributed by atoms with Gasteiger partial charge in [0, 0.05) is 36.9 Å². The SMILES string of the molecule is c1ccc(N(c2ccc(-c3ccc4sc5ccc6ccccc6c5c4c3)cc2)c2cccc3ccccc23)cc1.